The Morgan fingerprint density at radius 2 is 1.71 bits per heavy atom. The van der Waals surface area contributed by atoms with Crippen LogP contribution in [0.4, 0.5) is 4.39 Å². The average molecular weight is 423 g/mol. The third-order valence-electron chi connectivity index (χ3n) is 3.70. The van der Waals surface area contributed by atoms with Gasteiger partial charge in [-0.15, -0.1) is 0 Å². The summed E-state index contributed by atoms with van der Waals surface area (Å²) >= 11 is 3.24. The first-order chi connectivity index (χ1) is 11.5. The van der Waals surface area contributed by atoms with E-state index in [1.54, 1.807) is 0 Å². The molecule has 0 aliphatic rings. The van der Waals surface area contributed by atoms with Crippen molar-refractivity contribution in [2.24, 2.45) is 0 Å². The van der Waals surface area contributed by atoms with Crippen molar-refractivity contribution in [1.29, 1.82) is 0 Å². The van der Waals surface area contributed by atoms with E-state index >= 15 is 0 Å². The Balaban J connectivity index is 2.53. The van der Waals surface area contributed by atoms with E-state index < -0.39 is 7.60 Å². The van der Waals surface area contributed by atoms with Crippen molar-refractivity contribution >= 4 is 23.5 Å². The van der Waals surface area contributed by atoms with Crippen molar-refractivity contribution in [1.82, 2.24) is 0 Å². The first-order valence-electron chi connectivity index (χ1n) is 8.89. The summed E-state index contributed by atoms with van der Waals surface area (Å²) in [5.74, 6) is -0.00982. The molecule has 3 nitrogen and oxygen atoms in total. The zero-order valence-corrected chi connectivity index (χ0v) is 17.2. The number of unbranched alkanes of at least 4 members (excludes halogenated alkanes) is 6. The van der Waals surface area contributed by atoms with Crippen molar-refractivity contribution in [3.05, 3.63) is 28.5 Å². The number of benzene rings is 1. The summed E-state index contributed by atoms with van der Waals surface area (Å²) in [6.07, 6.45) is 8.93. The lowest BCUT2D eigenvalue weighted by Gasteiger charge is -2.20. The minimum atomic E-state index is -3.21. The molecule has 0 saturated heterocycles. The summed E-state index contributed by atoms with van der Waals surface area (Å²) in [6.45, 7) is 4.66. The van der Waals surface area contributed by atoms with Crippen LogP contribution in [0.5, 0.6) is 5.75 Å². The smallest absolute Gasteiger partial charge is 0.379 e. The zero-order valence-electron chi connectivity index (χ0n) is 14.7. The van der Waals surface area contributed by atoms with E-state index in [0.29, 0.717) is 23.0 Å². The summed E-state index contributed by atoms with van der Waals surface area (Å²) in [6, 6.07) is 4.07. The topological polar surface area (TPSA) is 35.5 Å². The second-order valence-corrected chi connectivity index (χ2v) is 8.92. The summed E-state index contributed by atoms with van der Waals surface area (Å²) in [5, 5.41) is 0. The first kappa shape index (κ1) is 21.7. The molecule has 0 saturated carbocycles. The van der Waals surface area contributed by atoms with E-state index in [4.69, 9.17) is 9.05 Å². The summed E-state index contributed by atoms with van der Waals surface area (Å²) in [5.41, 5.74) is 0. The predicted molar refractivity (Wildman–Crippen MR) is 101 cm³/mol. The Morgan fingerprint density at radius 1 is 1.04 bits per heavy atom. The molecule has 138 valence electrons. The molecule has 0 fully saturated rings. The van der Waals surface area contributed by atoms with Crippen LogP contribution in [-0.4, -0.2) is 12.8 Å². The van der Waals surface area contributed by atoms with Crippen LogP contribution < -0.4 is 4.52 Å². The highest BCUT2D eigenvalue weighted by molar-refractivity contribution is 9.10. The quantitative estimate of drug-likeness (QED) is 0.246. The van der Waals surface area contributed by atoms with Gasteiger partial charge < -0.3 is 4.52 Å². The second-order valence-electron chi connectivity index (χ2n) is 5.96. The van der Waals surface area contributed by atoms with Crippen LogP contribution >= 0.6 is 23.5 Å². The fourth-order valence-corrected chi connectivity index (χ4v) is 4.67. The Morgan fingerprint density at radius 3 is 2.38 bits per heavy atom. The maximum Gasteiger partial charge on any atom is 0.379 e. The molecule has 0 aromatic heterocycles. The van der Waals surface area contributed by atoms with Crippen LogP contribution in [0, 0.1) is 5.82 Å². The lowest BCUT2D eigenvalue weighted by atomic mass is 10.1. The highest BCUT2D eigenvalue weighted by Gasteiger charge is 2.26. The standard InChI is InChI=1S/C18H29BrFO3P/c1-3-5-7-8-9-10-13-22-24(21,14-6-4-2)23-18-12-11-16(20)15-17(18)19/h11-12,15H,3-10,13-14H2,1-2H3. The summed E-state index contributed by atoms with van der Waals surface area (Å²) < 4.78 is 37.9. The molecule has 0 heterocycles. The van der Waals surface area contributed by atoms with E-state index in [9.17, 15) is 8.96 Å². The lowest BCUT2D eigenvalue weighted by Crippen LogP contribution is -2.04. The minimum Gasteiger partial charge on any atom is -0.423 e. The first-order valence-corrected chi connectivity index (χ1v) is 11.4. The molecule has 1 rings (SSSR count). The van der Waals surface area contributed by atoms with Crippen LogP contribution in [0.15, 0.2) is 22.7 Å². The lowest BCUT2D eigenvalue weighted by molar-refractivity contribution is 0.256. The van der Waals surface area contributed by atoms with Gasteiger partial charge in [-0.3, -0.25) is 4.52 Å². The minimum absolute atomic E-state index is 0.360. The molecule has 6 heteroatoms. The van der Waals surface area contributed by atoms with Gasteiger partial charge in [0.05, 0.1) is 17.2 Å². The third-order valence-corrected chi connectivity index (χ3v) is 6.24. The monoisotopic (exact) mass is 422 g/mol. The number of halogens is 2. The van der Waals surface area contributed by atoms with Crippen LogP contribution in [0.25, 0.3) is 0 Å². The van der Waals surface area contributed by atoms with Crippen LogP contribution in [0.3, 0.4) is 0 Å². The SMILES string of the molecule is CCCCCCCCOP(=O)(CCCC)Oc1ccc(F)cc1Br. The van der Waals surface area contributed by atoms with Crippen molar-refractivity contribution in [3.8, 4) is 5.75 Å². The van der Waals surface area contributed by atoms with Crippen molar-refractivity contribution in [3.63, 3.8) is 0 Å². The molecule has 0 N–H and O–H groups in total. The number of rotatable bonds is 13. The van der Waals surface area contributed by atoms with Gasteiger partial charge in [0.1, 0.15) is 11.6 Å². The van der Waals surface area contributed by atoms with Gasteiger partial charge in [0, 0.05) is 0 Å². The molecular weight excluding hydrogens is 394 g/mol. The van der Waals surface area contributed by atoms with Gasteiger partial charge in [-0.1, -0.05) is 52.4 Å². The highest BCUT2D eigenvalue weighted by Crippen LogP contribution is 2.50. The molecule has 24 heavy (non-hydrogen) atoms. The maximum atomic E-state index is 13.2. The summed E-state index contributed by atoms with van der Waals surface area (Å²) in [7, 11) is -3.21. The Kier molecular flexibility index (Phi) is 10.9. The number of hydrogen-bond acceptors (Lipinski definition) is 3. The predicted octanol–water partition coefficient (Wildman–Crippen LogP) is 7.34. The fraction of sp³-hybridized carbons (Fsp3) is 0.667. The molecule has 0 radical (unpaired) electrons. The molecule has 0 aliphatic heterocycles. The van der Waals surface area contributed by atoms with Crippen molar-refractivity contribution in [2.75, 3.05) is 12.8 Å². The van der Waals surface area contributed by atoms with Crippen LogP contribution in [-0.2, 0) is 9.09 Å². The van der Waals surface area contributed by atoms with Crippen molar-refractivity contribution < 1.29 is 18.0 Å². The Labute approximate surface area is 154 Å². The van der Waals surface area contributed by atoms with Gasteiger partial charge in [0.15, 0.2) is 0 Å². The normalized spacial score (nSPS) is 13.7. The van der Waals surface area contributed by atoms with Crippen molar-refractivity contribution in [2.45, 2.75) is 65.2 Å². The molecule has 0 aliphatic carbocycles. The van der Waals surface area contributed by atoms with Gasteiger partial charge >= 0.3 is 7.60 Å². The second kappa shape index (κ2) is 12.1. The Bertz CT molecular complexity index is 525. The van der Waals surface area contributed by atoms with Gasteiger partial charge in [0.2, 0.25) is 0 Å². The molecule has 1 unspecified atom stereocenters. The molecule has 0 amide bonds. The Hall–Kier alpha value is -0.380. The molecule has 0 bridgehead atoms. The molecule has 1 aromatic rings. The zero-order chi connectivity index (χ0) is 17.8. The van der Waals surface area contributed by atoms with E-state index in [1.807, 2.05) is 6.92 Å². The molecule has 1 atom stereocenters. The van der Waals surface area contributed by atoms with E-state index in [1.165, 1.54) is 43.9 Å². The molecular formula is C18H29BrFO3P. The molecule has 0 spiro atoms. The van der Waals surface area contributed by atoms with E-state index in [2.05, 4.69) is 22.9 Å². The van der Waals surface area contributed by atoms with E-state index in [-0.39, 0.29) is 5.82 Å². The highest BCUT2D eigenvalue weighted by atomic mass is 79.9. The molecule has 1 aromatic carbocycles. The number of hydrogen-bond donors (Lipinski definition) is 0. The fourth-order valence-electron chi connectivity index (χ4n) is 2.27. The van der Waals surface area contributed by atoms with E-state index in [0.717, 1.165) is 25.7 Å². The van der Waals surface area contributed by atoms with Gasteiger partial charge in [-0.25, -0.2) is 8.96 Å². The van der Waals surface area contributed by atoms with Crippen LogP contribution in [0.1, 0.15) is 65.2 Å². The maximum absolute atomic E-state index is 13.2. The summed E-state index contributed by atoms with van der Waals surface area (Å²) in [4.78, 5) is 0. The van der Waals surface area contributed by atoms with Gasteiger partial charge in [-0.2, -0.15) is 0 Å². The third kappa shape index (κ3) is 8.64. The largest absolute Gasteiger partial charge is 0.423 e. The van der Waals surface area contributed by atoms with Gasteiger partial charge in [-0.05, 0) is 47.0 Å². The average Bonchev–Trinajstić information content (AvgIpc) is 2.55. The van der Waals surface area contributed by atoms with Crippen LogP contribution in [0.2, 0.25) is 0 Å². The van der Waals surface area contributed by atoms with Gasteiger partial charge in [0.25, 0.3) is 0 Å².